The second kappa shape index (κ2) is 12.7. The van der Waals surface area contributed by atoms with Crippen molar-refractivity contribution in [2.45, 2.75) is 31.2 Å². The van der Waals surface area contributed by atoms with E-state index >= 15 is 0 Å². The summed E-state index contributed by atoms with van der Waals surface area (Å²) in [5, 5.41) is 28.1. The number of anilines is 5. The van der Waals surface area contributed by atoms with Crippen LogP contribution in [0.4, 0.5) is 39.3 Å². The molecular formula is C34H30N8O6S. The largest absolute Gasteiger partial charge is 0.465 e. The van der Waals surface area contributed by atoms with Crippen LogP contribution in [0, 0.1) is 10.1 Å². The van der Waals surface area contributed by atoms with E-state index in [0.717, 1.165) is 8.87 Å². The number of nitro groups is 1. The van der Waals surface area contributed by atoms with Gasteiger partial charge in [0.1, 0.15) is 5.82 Å². The highest BCUT2D eigenvalue weighted by atomic mass is 32.2. The fraction of sp³-hybridized carbons (Fsp3) is 0.118. The van der Waals surface area contributed by atoms with Gasteiger partial charge in [0, 0.05) is 64.1 Å². The SMILES string of the molecule is CC(C)(C)N(C(=O)O)c1nc(Nc2cccc(Nc3ccc([N+](=O)[O-])cc3)c2)cc(-c2cnc3c(ccn3S(=O)(=O)c3ccccc3)c2)n1. The van der Waals surface area contributed by atoms with Gasteiger partial charge in [0.15, 0.2) is 5.65 Å². The Morgan fingerprint density at radius 1 is 0.878 bits per heavy atom. The molecule has 3 aromatic carbocycles. The molecule has 0 fully saturated rings. The van der Waals surface area contributed by atoms with E-state index in [4.69, 9.17) is 0 Å². The molecule has 1 amide bonds. The first-order valence-corrected chi connectivity index (χ1v) is 16.3. The molecule has 0 aliphatic carbocycles. The number of benzene rings is 3. The lowest BCUT2D eigenvalue weighted by Crippen LogP contribution is -2.46. The van der Waals surface area contributed by atoms with E-state index < -0.39 is 26.6 Å². The average molecular weight is 679 g/mol. The first-order chi connectivity index (χ1) is 23.3. The molecule has 6 aromatic rings. The van der Waals surface area contributed by atoms with Crippen molar-refractivity contribution in [3.8, 4) is 11.3 Å². The normalized spacial score (nSPS) is 11.7. The minimum absolute atomic E-state index is 0.0221. The summed E-state index contributed by atoms with van der Waals surface area (Å²) < 4.78 is 27.8. The summed E-state index contributed by atoms with van der Waals surface area (Å²) in [6, 6.07) is 26.3. The molecule has 3 N–H and O–H groups in total. The first-order valence-electron chi connectivity index (χ1n) is 14.9. The molecule has 0 aliphatic heterocycles. The maximum atomic E-state index is 13.3. The summed E-state index contributed by atoms with van der Waals surface area (Å²) in [6.45, 7) is 5.17. The van der Waals surface area contributed by atoms with Crippen LogP contribution in [0.3, 0.4) is 0 Å². The number of carboxylic acid groups (broad SMARTS) is 1. The van der Waals surface area contributed by atoms with Gasteiger partial charge in [0.05, 0.1) is 15.5 Å². The Kier molecular flexibility index (Phi) is 8.44. The number of aromatic nitrogens is 4. The van der Waals surface area contributed by atoms with Gasteiger partial charge < -0.3 is 15.7 Å². The molecule has 0 saturated carbocycles. The van der Waals surface area contributed by atoms with E-state index in [-0.39, 0.29) is 28.0 Å². The summed E-state index contributed by atoms with van der Waals surface area (Å²) in [7, 11) is -3.90. The van der Waals surface area contributed by atoms with Gasteiger partial charge in [0.2, 0.25) is 5.95 Å². The van der Waals surface area contributed by atoms with Crippen molar-refractivity contribution >= 4 is 61.7 Å². The third-order valence-corrected chi connectivity index (χ3v) is 9.05. The third kappa shape index (κ3) is 6.87. The predicted molar refractivity (Wildman–Crippen MR) is 186 cm³/mol. The highest BCUT2D eigenvalue weighted by Crippen LogP contribution is 2.31. The molecule has 14 nitrogen and oxygen atoms in total. The van der Waals surface area contributed by atoms with Gasteiger partial charge in [-0.3, -0.25) is 10.1 Å². The van der Waals surface area contributed by atoms with Gasteiger partial charge in [-0.2, -0.15) is 4.98 Å². The highest BCUT2D eigenvalue weighted by molar-refractivity contribution is 7.90. The van der Waals surface area contributed by atoms with E-state index in [2.05, 4.69) is 25.6 Å². The van der Waals surface area contributed by atoms with Crippen LogP contribution < -0.4 is 15.5 Å². The molecule has 0 radical (unpaired) electrons. The first kappa shape index (κ1) is 32.6. The average Bonchev–Trinajstić information content (AvgIpc) is 3.49. The molecule has 0 unspecified atom stereocenters. The number of hydrogen-bond donors (Lipinski definition) is 3. The lowest BCUT2D eigenvalue weighted by Gasteiger charge is -2.31. The molecule has 3 aromatic heterocycles. The van der Waals surface area contributed by atoms with Crippen LogP contribution in [0.2, 0.25) is 0 Å². The molecule has 0 spiro atoms. The number of carbonyl (C=O) groups is 1. The molecule has 0 aliphatic rings. The second-order valence-corrected chi connectivity index (χ2v) is 13.7. The smallest absolute Gasteiger partial charge is 0.414 e. The Balaban J connectivity index is 1.37. The van der Waals surface area contributed by atoms with Crippen LogP contribution in [0.5, 0.6) is 0 Å². The number of rotatable bonds is 9. The lowest BCUT2D eigenvalue weighted by molar-refractivity contribution is -0.384. The Bertz CT molecular complexity index is 2300. The summed E-state index contributed by atoms with van der Waals surface area (Å²) in [4.78, 5) is 37.8. The van der Waals surface area contributed by atoms with E-state index in [0.29, 0.717) is 33.7 Å². The number of nitro benzene ring substituents is 1. The molecule has 248 valence electrons. The number of non-ortho nitro benzene ring substituents is 1. The molecule has 0 atom stereocenters. The zero-order chi connectivity index (χ0) is 34.9. The predicted octanol–water partition coefficient (Wildman–Crippen LogP) is 7.41. The standard InChI is InChI=1S/C34H30N8O6S/c1-34(2,3)41(33(43)44)32-38-29(23-18-22-16-17-40(31(22)35-21-23)49(47,48)28-10-5-4-6-11-28)20-30(39-32)37-26-9-7-8-25(19-26)36-24-12-14-27(15-13-24)42(45)46/h4-21,36H,1-3H3,(H,43,44)(H,37,38,39). The Hall–Kier alpha value is -6.35. The van der Waals surface area contributed by atoms with Crippen LogP contribution in [0.25, 0.3) is 22.3 Å². The van der Waals surface area contributed by atoms with Crippen LogP contribution in [0.15, 0.2) is 114 Å². The monoisotopic (exact) mass is 678 g/mol. The molecule has 6 rings (SSSR count). The topological polar surface area (TPSA) is 185 Å². The molecule has 3 heterocycles. The fourth-order valence-electron chi connectivity index (χ4n) is 5.11. The zero-order valence-electron chi connectivity index (χ0n) is 26.5. The number of pyridine rings is 1. The van der Waals surface area contributed by atoms with E-state index in [1.165, 1.54) is 36.7 Å². The van der Waals surface area contributed by atoms with Crippen molar-refractivity contribution in [1.82, 2.24) is 18.9 Å². The zero-order valence-corrected chi connectivity index (χ0v) is 27.3. The van der Waals surface area contributed by atoms with Crippen LogP contribution >= 0.6 is 0 Å². The van der Waals surface area contributed by atoms with Gasteiger partial charge in [0.25, 0.3) is 15.7 Å². The Labute approximate surface area is 280 Å². The molecule has 0 saturated heterocycles. The summed E-state index contributed by atoms with van der Waals surface area (Å²) in [5.41, 5.74) is 2.08. The number of nitrogens with one attached hydrogen (secondary N) is 2. The van der Waals surface area contributed by atoms with Gasteiger partial charge in [-0.15, -0.1) is 0 Å². The number of fused-ring (bicyclic) bond motifs is 1. The Morgan fingerprint density at radius 3 is 2.22 bits per heavy atom. The van der Waals surface area contributed by atoms with Crippen molar-refractivity contribution in [2.75, 3.05) is 15.5 Å². The van der Waals surface area contributed by atoms with E-state index in [1.54, 1.807) is 87.5 Å². The number of hydrogen-bond acceptors (Lipinski definition) is 10. The second-order valence-electron chi connectivity index (χ2n) is 11.9. The van der Waals surface area contributed by atoms with Crippen molar-refractivity contribution in [2.24, 2.45) is 0 Å². The number of amides is 1. The quantitative estimate of drug-likeness (QED) is 0.102. The minimum atomic E-state index is -3.90. The summed E-state index contributed by atoms with van der Waals surface area (Å²) >= 11 is 0. The van der Waals surface area contributed by atoms with Crippen molar-refractivity contribution in [3.05, 3.63) is 120 Å². The maximum absolute atomic E-state index is 13.3. The van der Waals surface area contributed by atoms with E-state index in [9.17, 15) is 28.4 Å². The highest BCUT2D eigenvalue weighted by Gasteiger charge is 2.31. The van der Waals surface area contributed by atoms with Crippen molar-refractivity contribution in [1.29, 1.82) is 0 Å². The molecule has 0 bridgehead atoms. The van der Waals surface area contributed by atoms with Gasteiger partial charge in [-0.1, -0.05) is 24.3 Å². The summed E-state index contributed by atoms with van der Waals surface area (Å²) in [5.74, 6) is 0.205. The molecular weight excluding hydrogens is 648 g/mol. The third-order valence-electron chi connectivity index (χ3n) is 7.37. The van der Waals surface area contributed by atoms with Crippen molar-refractivity contribution < 1.29 is 23.2 Å². The van der Waals surface area contributed by atoms with Gasteiger partial charge in [-0.25, -0.2) is 32.1 Å². The van der Waals surface area contributed by atoms with Gasteiger partial charge >= 0.3 is 6.09 Å². The van der Waals surface area contributed by atoms with Crippen LogP contribution in [0.1, 0.15) is 20.8 Å². The van der Waals surface area contributed by atoms with Crippen LogP contribution in [-0.2, 0) is 10.0 Å². The Morgan fingerprint density at radius 2 is 1.57 bits per heavy atom. The fourth-order valence-corrected chi connectivity index (χ4v) is 6.44. The lowest BCUT2D eigenvalue weighted by atomic mass is 10.1. The summed E-state index contributed by atoms with van der Waals surface area (Å²) in [6.07, 6.45) is 1.67. The molecule has 15 heteroatoms. The molecule has 49 heavy (non-hydrogen) atoms. The van der Waals surface area contributed by atoms with Crippen LogP contribution in [-0.4, -0.2) is 49.0 Å². The van der Waals surface area contributed by atoms with E-state index in [1.807, 2.05) is 6.07 Å². The van der Waals surface area contributed by atoms with Gasteiger partial charge in [-0.05, 0) is 75.4 Å². The maximum Gasteiger partial charge on any atom is 0.414 e. The minimum Gasteiger partial charge on any atom is -0.465 e. The number of nitrogens with zero attached hydrogens (tertiary/aromatic N) is 6. The van der Waals surface area contributed by atoms with Crippen molar-refractivity contribution in [3.63, 3.8) is 0 Å².